The van der Waals surface area contributed by atoms with Crippen molar-refractivity contribution in [2.24, 2.45) is 11.3 Å². The Hall–Kier alpha value is -2.37. The van der Waals surface area contributed by atoms with Crippen molar-refractivity contribution in [3.8, 4) is 0 Å². The normalized spacial score (nSPS) is 24.2. The van der Waals surface area contributed by atoms with Crippen molar-refractivity contribution in [1.82, 2.24) is 9.80 Å². The lowest BCUT2D eigenvalue weighted by molar-refractivity contribution is -0.148. The van der Waals surface area contributed by atoms with E-state index in [9.17, 15) is 19.5 Å². The summed E-state index contributed by atoms with van der Waals surface area (Å²) in [5, 5.41) is 9.59. The van der Waals surface area contributed by atoms with Crippen molar-refractivity contribution in [1.29, 1.82) is 0 Å². The molecule has 1 atom stereocenters. The number of benzene rings is 1. The van der Waals surface area contributed by atoms with Crippen molar-refractivity contribution in [2.45, 2.75) is 44.6 Å². The Morgan fingerprint density at radius 1 is 1.07 bits per heavy atom. The number of carboxylic acid groups (broad SMARTS) is 1. The fourth-order valence-corrected chi connectivity index (χ4v) is 4.55. The summed E-state index contributed by atoms with van der Waals surface area (Å²) in [6.45, 7) is 1.81. The van der Waals surface area contributed by atoms with Gasteiger partial charge in [-0.25, -0.2) is 4.79 Å². The summed E-state index contributed by atoms with van der Waals surface area (Å²) >= 11 is 0. The zero-order chi connectivity index (χ0) is 19.0. The van der Waals surface area contributed by atoms with Gasteiger partial charge in [0.2, 0.25) is 11.8 Å². The van der Waals surface area contributed by atoms with Crippen LogP contribution in [0.4, 0.5) is 0 Å². The first-order valence-electron chi connectivity index (χ1n) is 9.82. The van der Waals surface area contributed by atoms with Crippen LogP contribution in [0.15, 0.2) is 30.3 Å². The summed E-state index contributed by atoms with van der Waals surface area (Å²) in [4.78, 5) is 40.3. The van der Waals surface area contributed by atoms with Crippen LogP contribution in [0.5, 0.6) is 0 Å². The van der Waals surface area contributed by atoms with Crippen LogP contribution in [0.3, 0.4) is 0 Å². The number of carboxylic acids is 1. The number of amides is 2. The highest BCUT2D eigenvalue weighted by molar-refractivity contribution is 5.87. The maximum Gasteiger partial charge on any atom is 0.326 e. The molecule has 1 aliphatic carbocycles. The zero-order valence-electron chi connectivity index (χ0n) is 15.5. The molecule has 6 heteroatoms. The molecule has 1 spiro atoms. The number of hydrogen-bond donors (Lipinski definition) is 1. The lowest BCUT2D eigenvalue weighted by Crippen LogP contribution is -2.45. The van der Waals surface area contributed by atoms with E-state index in [1.807, 2.05) is 35.2 Å². The number of hydrogen-bond acceptors (Lipinski definition) is 3. The van der Waals surface area contributed by atoms with Gasteiger partial charge in [-0.1, -0.05) is 30.3 Å². The molecule has 4 rings (SSSR count). The lowest BCUT2D eigenvalue weighted by Gasteiger charge is -2.39. The summed E-state index contributed by atoms with van der Waals surface area (Å²) in [5.41, 5.74) is 0.854. The highest BCUT2D eigenvalue weighted by Crippen LogP contribution is 2.45. The van der Waals surface area contributed by atoms with Gasteiger partial charge in [0.1, 0.15) is 6.04 Å². The standard InChI is InChI=1S/C21H26N2O4/c24-18(12-15-4-2-1-3-5-15)22-10-8-21(9-11-22)13-17(20(26)27)23(14-21)19(25)16-6-7-16/h1-5,16-17H,6-14H2,(H,26,27). The molecular weight excluding hydrogens is 344 g/mol. The van der Waals surface area contributed by atoms with E-state index in [0.717, 1.165) is 31.2 Å². The predicted octanol–water partition coefficient (Wildman–Crippen LogP) is 1.93. The molecule has 27 heavy (non-hydrogen) atoms. The molecule has 3 fully saturated rings. The molecular formula is C21H26N2O4. The molecule has 0 aromatic heterocycles. The Kier molecular flexibility index (Phi) is 4.66. The van der Waals surface area contributed by atoms with Gasteiger partial charge >= 0.3 is 5.97 Å². The minimum absolute atomic E-state index is 0.0156. The van der Waals surface area contributed by atoms with Crippen LogP contribution in [0.25, 0.3) is 0 Å². The highest BCUT2D eigenvalue weighted by Gasteiger charge is 2.52. The predicted molar refractivity (Wildman–Crippen MR) is 98.9 cm³/mol. The largest absolute Gasteiger partial charge is 0.480 e. The lowest BCUT2D eigenvalue weighted by atomic mass is 9.76. The van der Waals surface area contributed by atoms with Crippen molar-refractivity contribution in [2.75, 3.05) is 19.6 Å². The van der Waals surface area contributed by atoms with Crippen molar-refractivity contribution >= 4 is 17.8 Å². The van der Waals surface area contributed by atoms with E-state index in [0.29, 0.717) is 32.5 Å². The van der Waals surface area contributed by atoms with Gasteiger partial charge in [0, 0.05) is 25.6 Å². The minimum Gasteiger partial charge on any atom is -0.480 e. The van der Waals surface area contributed by atoms with Gasteiger partial charge in [0.05, 0.1) is 6.42 Å². The van der Waals surface area contributed by atoms with Gasteiger partial charge < -0.3 is 14.9 Å². The number of carbonyl (C=O) groups excluding carboxylic acids is 2. The maximum absolute atomic E-state index is 12.6. The average molecular weight is 370 g/mol. The number of carbonyl (C=O) groups is 3. The molecule has 1 N–H and O–H groups in total. The van der Waals surface area contributed by atoms with E-state index in [-0.39, 0.29) is 23.1 Å². The number of nitrogens with zero attached hydrogens (tertiary/aromatic N) is 2. The van der Waals surface area contributed by atoms with Crippen LogP contribution in [0.1, 0.15) is 37.7 Å². The Bertz CT molecular complexity index is 736. The summed E-state index contributed by atoms with van der Waals surface area (Å²) < 4.78 is 0. The molecule has 1 aromatic carbocycles. The van der Waals surface area contributed by atoms with E-state index < -0.39 is 12.0 Å². The Morgan fingerprint density at radius 2 is 1.74 bits per heavy atom. The number of aliphatic carboxylic acids is 1. The molecule has 1 unspecified atom stereocenters. The van der Waals surface area contributed by atoms with Crippen LogP contribution >= 0.6 is 0 Å². The molecule has 144 valence electrons. The van der Waals surface area contributed by atoms with Crippen molar-refractivity contribution in [3.63, 3.8) is 0 Å². The van der Waals surface area contributed by atoms with Gasteiger partial charge in [-0.2, -0.15) is 0 Å². The van der Waals surface area contributed by atoms with Crippen molar-refractivity contribution in [3.05, 3.63) is 35.9 Å². The van der Waals surface area contributed by atoms with Gasteiger partial charge in [-0.15, -0.1) is 0 Å². The molecule has 1 aromatic rings. The first kappa shape index (κ1) is 18.0. The fourth-order valence-electron chi connectivity index (χ4n) is 4.55. The molecule has 3 aliphatic rings. The smallest absolute Gasteiger partial charge is 0.326 e. The van der Waals surface area contributed by atoms with Crippen molar-refractivity contribution < 1.29 is 19.5 Å². The van der Waals surface area contributed by atoms with E-state index in [4.69, 9.17) is 0 Å². The second-order valence-corrected chi connectivity index (χ2v) is 8.34. The van der Waals surface area contributed by atoms with Gasteiger partial charge in [-0.3, -0.25) is 9.59 Å². The SMILES string of the molecule is O=C(O)C1CC2(CCN(C(=O)Cc3ccccc3)CC2)CN1C(=O)C1CC1. The second-order valence-electron chi connectivity index (χ2n) is 8.34. The Labute approximate surface area is 159 Å². The molecule has 2 saturated heterocycles. The van der Waals surface area contributed by atoms with Crippen LogP contribution in [-0.2, 0) is 20.8 Å². The monoisotopic (exact) mass is 370 g/mol. The second kappa shape index (κ2) is 6.98. The third-order valence-corrected chi connectivity index (χ3v) is 6.38. The molecule has 2 amide bonds. The number of piperidine rings is 1. The zero-order valence-corrected chi connectivity index (χ0v) is 15.5. The molecule has 2 aliphatic heterocycles. The molecule has 6 nitrogen and oxygen atoms in total. The van der Waals surface area contributed by atoms with E-state index in [2.05, 4.69) is 0 Å². The van der Waals surface area contributed by atoms with Gasteiger partial charge in [-0.05, 0) is 43.1 Å². The minimum atomic E-state index is -0.900. The summed E-state index contributed by atoms with van der Waals surface area (Å²) in [6, 6.07) is 9.02. The van der Waals surface area contributed by atoms with E-state index in [1.165, 1.54) is 0 Å². The topological polar surface area (TPSA) is 77.9 Å². The summed E-state index contributed by atoms with van der Waals surface area (Å²) in [5.74, 6) is -0.727. The highest BCUT2D eigenvalue weighted by atomic mass is 16.4. The number of likely N-dealkylation sites (tertiary alicyclic amines) is 2. The Morgan fingerprint density at radius 3 is 2.33 bits per heavy atom. The molecule has 1 saturated carbocycles. The van der Waals surface area contributed by atoms with Gasteiger partial charge in [0.25, 0.3) is 0 Å². The molecule has 2 heterocycles. The average Bonchev–Trinajstić information content (AvgIpc) is 3.45. The molecule has 0 radical (unpaired) electrons. The maximum atomic E-state index is 12.6. The van der Waals surface area contributed by atoms with Gasteiger partial charge in [0.15, 0.2) is 0 Å². The van der Waals surface area contributed by atoms with Crippen LogP contribution in [0, 0.1) is 11.3 Å². The molecule has 0 bridgehead atoms. The fraction of sp³-hybridized carbons (Fsp3) is 0.571. The quantitative estimate of drug-likeness (QED) is 0.879. The summed E-state index contributed by atoms with van der Waals surface area (Å²) in [6.07, 6.45) is 4.23. The summed E-state index contributed by atoms with van der Waals surface area (Å²) in [7, 11) is 0. The van der Waals surface area contributed by atoms with Crippen LogP contribution in [-0.4, -0.2) is 58.4 Å². The Balaban J connectivity index is 1.38. The first-order valence-corrected chi connectivity index (χ1v) is 9.82. The van der Waals surface area contributed by atoms with E-state index in [1.54, 1.807) is 4.90 Å². The van der Waals surface area contributed by atoms with Crippen LogP contribution in [0.2, 0.25) is 0 Å². The first-order chi connectivity index (χ1) is 13.0. The third-order valence-electron chi connectivity index (χ3n) is 6.38. The van der Waals surface area contributed by atoms with Crippen LogP contribution < -0.4 is 0 Å². The van der Waals surface area contributed by atoms with E-state index >= 15 is 0 Å². The third kappa shape index (κ3) is 3.70. The number of rotatable bonds is 4.